The number of benzene rings is 1. The fraction of sp³-hybridized carbons (Fsp3) is 0.417. The summed E-state index contributed by atoms with van der Waals surface area (Å²) in [6.07, 6.45) is 0.0198. The van der Waals surface area contributed by atoms with Crippen molar-refractivity contribution in [3.05, 3.63) is 33.5 Å². The molecule has 2 nitrogen and oxygen atoms in total. The molecule has 4 heteroatoms. The number of carboxylic acid groups (broad SMARTS) is 1. The molecule has 0 amide bonds. The maximum absolute atomic E-state index is 13.2. The number of hydrogen-bond donors (Lipinski definition) is 1. The fourth-order valence-corrected chi connectivity index (χ4v) is 2.19. The second-order valence-electron chi connectivity index (χ2n) is 4.54. The van der Waals surface area contributed by atoms with Gasteiger partial charge in [-0.05, 0) is 46.1 Å². The largest absolute Gasteiger partial charge is 0.481 e. The Bertz CT molecular complexity index is 427. The lowest BCUT2D eigenvalue weighted by atomic mass is 9.79. The Morgan fingerprint density at radius 3 is 2.56 bits per heavy atom. The summed E-state index contributed by atoms with van der Waals surface area (Å²) < 4.78 is 13.6. The van der Waals surface area contributed by atoms with Crippen molar-refractivity contribution >= 4 is 21.9 Å². The minimum Gasteiger partial charge on any atom is -0.481 e. The number of hydrogen-bond acceptors (Lipinski definition) is 1. The van der Waals surface area contributed by atoms with E-state index in [4.69, 9.17) is 5.11 Å². The molecule has 0 spiro atoms. The first kappa shape index (κ1) is 13.2. The molecule has 0 unspecified atom stereocenters. The smallest absolute Gasteiger partial charge is 0.304 e. The molecule has 0 heterocycles. The summed E-state index contributed by atoms with van der Waals surface area (Å²) in [5, 5.41) is 8.84. The molecule has 0 radical (unpaired) electrons. The predicted octanol–water partition coefficient (Wildman–Crippen LogP) is 3.65. The number of halogens is 2. The van der Waals surface area contributed by atoms with E-state index in [9.17, 15) is 9.18 Å². The second kappa shape index (κ2) is 4.53. The molecule has 0 saturated heterocycles. The van der Waals surface area contributed by atoms with Gasteiger partial charge in [0.2, 0.25) is 0 Å². The molecule has 1 aromatic rings. The van der Waals surface area contributed by atoms with Crippen LogP contribution >= 0.6 is 15.9 Å². The first-order valence-corrected chi connectivity index (χ1v) is 5.71. The average Bonchev–Trinajstić information content (AvgIpc) is 2.08. The monoisotopic (exact) mass is 288 g/mol. The molecule has 0 bridgehead atoms. The number of carbonyl (C=O) groups is 1. The summed E-state index contributed by atoms with van der Waals surface area (Å²) in [6, 6.07) is 3.08. The van der Waals surface area contributed by atoms with Gasteiger partial charge in [-0.2, -0.15) is 0 Å². The lowest BCUT2D eigenvalue weighted by molar-refractivity contribution is -0.138. The van der Waals surface area contributed by atoms with Crippen molar-refractivity contribution in [1.82, 2.24) is 0 Å². The minimum atomic E-state index is -0.857. The molecule has 0 aromatic heterocycles. The van der Waals surface area contributed by atoms with Gasteiger partial charge in [-0.25, -0.2) is 4.39 Å². The topological polar surface area (TPSA) is 37.3 Å². The summed E-state index contributed by atoms with van der Waals surface area (Å²) in [5.74, 6) is -1.18. The Labute approximate surface area is 103 Å². The van der Waals surface area contributed by atoms with Crippen molar-refractivity contribution in [2.45, 2.75) is 32.6 Å². The molecule has 0 saturated carbocycles. The van der Waals surface area contributed by atoms with Crippen LogP contribution in [-0.4, -0.2) is 11.1 Å². The van der Waals surface area contributed by atoms with Crippen LogP contribution in [0.3, 0.4) is 0 Å². The molecular weight excluding hydrogens is 275 g/mol. The van der Waals surface area contributed by atoms with Crippen LogP contribution in [0.4, 0.5) is 4.39 Å². The van der Waals surface area contributed by atoms with E-state index in [0.29, 0.717) is 4.47 Å². The zero-order valence-corrected chi connectivity index (χ0v) is 11.1. The normalized spacial score (nSPS) is 11.6. The van der Waals surface area contributed by atoms with Crippen LogP contribution in [0, 0.1) is 12.7 Å². The molecule has 88 valence electrons. The van der Waals surface area contributed by atoms with Crippen LogP contribution in [0.1, 0.15) is 31.4 Å². The summed E-state index contributed by atoms with van der Waals surface area (Å²) in [7, 11) is 0. The molecule has 0 atom stereocenters. The molecular formula is C12H14BrFO2. The van der Waals surface area contributed by atoms with E-state index in [1.54, 1.807) is 13.0 Å². The van der Waals surface area contributed by atoms with Gasteiger partial charge in [-0.3, -0.25) is 4.79 Å². The molecule has 16 heavy (non-hydrogen) atoms. The van der Waals surface area contributed by atoms with Gasteiger partial charge in [-0.15, -0.1) is 0 Å². The van der Waals surface area contributed by atoms with Crippen LogP contribution in [0.15, 0.2) is 16.6 Å². The number of aliphatic carboxylic acids is 1. The van der Waals surface area contributed by atoms with E-state index >= 15 is 0 Å². The molecule has 1 aromatic carbocycles. The Hall–Kier alpha value is -0.900. The van der Waals surface area contributed by atoms with Gasteiger partial charge in [-0.1, -0.05) is 13.8 Å². The zero-order chi connectivity index (χ0) is 12.5. The third-order valence-electron chi connectivity index (χ3n) is 2.59. The molecule has 0 aliphatic carbocycles. The Morgan fingerprint density at radius 1 is 1.50 bits per heavy atom. The number of aryl methyl sites for hydroxylation is 1. The van der Waals surface area contributed by atoms with Gasteiger partial charge >= 0.3 is 5.97 Å². The Kier molecular flexibility index (Phi) is 3.73. The fourth-order valence-electron chi connectivity index (χ4n) is 1.85. The number of rotatable bonds is 3. The SMILES string of the molecule is Cc1cc(F)c(Br)cc1C(C)(C)CC(=O)O. The Balaban J connectivity index is 3.22. The van der Waals surface area contributed by atoms with Gasteiger partial charge in [0, 0.05) is 5.41 Å². The minimum absolute atomic E-state index is 0.0198. The maximum Gasteiger partial charge on any atom is 0.304 e. The highest BCUT2D eigenvalue weighted by Crippen LogP contribution is 2.32. The van der Waals surface area contributed by atoms with E-state index in [2.05, 4.69) is 15.9 Å². The van der Waals surface area contributed by atoms with Crippen molar-refractivity contribution in [3.8, 4) is 0 Å². The van der Waals surface area contributed by atoms with Gasteiger partial charge in [0.1, 0.15) is 5.82 Å². The third-order valence-corrected chi connectivity index (χ3v) is 3.20. The molecule has 0 fully saturated rings. The number of carboxylic acids is 1. The lowest BCUT2D eigenvalue weighted by Crippen LogP contribution is -2.23. The van der Waals surface area contributed by atoms with Crippen LogP contribution < -0.4 is 0 Å². The van der Waals surface area contributed by atoms with Crippen molar-refractivity contribution in [1.29, 1.82) is 0 Å². The van der Waals surface area contributed by atoms with Gasteiger partial charge in [0.15, 0.2) is 0 Å². The predicted molar refractivity (Wildman–Crippen MR) is 64.1 cm³/mol. The average molecular weight is 289 g/mol. The molecule has 0 aliphatic rings. The standard InChI is InChI=1S/C12H14BrFO2/c1-7-4-10(14)9(13)5-8(7)12(2,3)6-11(15)16/h4-5H,6H2,1-3H3,(H,15,16). The van der Waals surface area contributed by atoms with Crippen molar-refractivity contribution in [3.63, 3.8) is 0 Å². The van der Waals surface area contributed by atoms with Gasteiger partial charge in [0.25, 0.3) is 0 Å². The van der Waals surface area contributed by atoms with E-state index in [0.717, 1.165) is 11.1 Å². The second-order valence-corrected chi connectivity index (χ2v) is 5.39. The first-order valence-electron chi connectivity index (χ1n) is 4.92. The van der Waals surface area contributed by atoms with E-state index in [1.807, 2.05) is 13.8 Å². The third kappa shape index (κ3) is 2.82. The van der Waals surface area contributed by atoms with E-state index < -0.39 is 11.4 Å². The van der Waals surface area contributed by atoms with Crippen molar-refractivity contribution in [2.24, 2.45) is 0 Å². The van der Waals surface area contributed by atoms with Crippen molar-refractivity contribution in [2.75, 3.05) is 0 Å². The molecule has 1 rings (SSSR count). The zero-order valence-electron chi connectivity index (χ0n) is 9.47. The quantitative estimate of drug-likeness (QED) is 0.922. The maximum atomic E-state index is 13.2. The molecule has 1 N–H and O–H groups in total. The van der Waals surface area contributed by atoms with E-state index in [1.165, 1.54) is 6.07 Å². The summed E-state index contributed by atoms with van der Waals surface area (Å²) >= 11 is 3.12. The van der Waals surface area contributed by atoms with Gasteiger partial charge in [0.05, 0.1) is 10.9 Å². The van der Waals surface area contributed by atoms with Crippen LogP contribution in [0.25, 0.3) is 0 Å². The van der Waals surface area contributed by atoms with Crippen LogP contribution in [0.5, 0.6) is 0 Å². The highest BCUT2D eigenvalue weighted by Gasteiger charge is 2.26. The van der Waals surface area contributed by atoms with Crippen LogP contribution in [-0.2, 0) is 10.2 Å². The van der Waals surface area contributed by atoms with E-state index in [-0.39, 0.29) is 12.2 Å². The summed E-state index contributed by atoms with van der Waals surface area (Å²) in [5.41, 5.74) is 1.11. The molecule has 0 aliphatic heterocycles. The summed E-state index contributed by atoms with van der Waals surface area (Å²) in [6.45, 7) is 5.47. The first-order chi connectivity index (χ1) is 7.24. The highest BCUT2D eigenvalue weighted by molar-refractivity contribution is 9.10. The van der Waals surface area contributed by atoms with Crippen molar-refractivity contribution < 1.29 is 14.3 Å². The summed E-state index contributed by atoms with van der Waals surface area (Å²) in [4.78, 5) is 10.8. The van der Waals surface area contributed by atoms with Crippen LogP contribution in [0.2, 0.25) is 0 Å². The lowest BCUT2D eigenvalue weighted by Gasteiger charge is -2.25. The Morgan fingerprint density at radius 2 is 2.06 bits per heavy atom. The highest BCUT2D eigenvalue weighted by atomic mass is 79.9. The van der Waals surface area contributed by atoms with Gasteiger partial charge < -0.3 is 5.11 Å².